The van der Waals surface area contributed by atoms with Gasteiger partial charge in [-0.05, 0) is 17.5 Å². The van der Waals surface area contributed by atoms with Crippen molar-refractivity contribution in [3.63, 3.8) is 0 Å². The van der Waals surface area contributed by atoms with E-state index in [1.807, 2.05) is 12.1 Å². The molecule has 0 bridgehead atoms. The lowest BCUT2D eigenvalue weighted by Gasteiger charge is -2.06. The molecule has 0 saturated carbocycles. The number of nitrogens with zero attached hydrogens (tertiary/aromatic N) is 3. The Morgan fingerprint density at radius 3 is 2.60 bits per heavy atom. The van der Waals surface area contributed by atoms with Crippen LogP contribution in [-0.2, 0) is 13.0 Å². The summed E-state index contributed by atoms with van der Waals surface area (Å²) in [6, 6.07) is 8.30. The van der Waals surface area contributed by atoms with E-state index in [1.165, 1.54) is 11.1 Å². The lowest BCUT2D eigenvalue weighted by Crippen LogP contribution is -2.06. The molecular weight excluding hydrogens is 188 g/mol. The van der Waals surface area contributed by atoms with Crippen molar-refractivity contribution >= 4 is 5.82 Å². The number of anilines is 1. The van der Waals surface area contributed by atoms with Gasteiger partial charge in [-0.25, -0.2) is 0 Å². The summed E-state index contributed by atoms with van der Waals surface area (Å²) in [6.45, 7) is 2.82. The van der Waals surface area contributed by atoms with E-state index < -0.39 is 0 Å². The molecule has 0 aliphatic rings. The molecule has 2 aromatic rings. The van der Waals surface area contributed by atoms with Crippen LogP contribution in [-0.4, -0.2) is 15.0 Å². The Kier molecular flexibility index (Phi) is 2.67. The Morgan fingerprint density at radius 2 is 2.00 bits per heavy atom. The molecule has 4 nitrogen and oxygen atoms in total. The van der Waals surface area contributed by atoms with Crippen LogP contribution in [0.2, 0.25) is 0 Å². The number of hydrogen-bond donors (Lipinski definition) is 1. The first-order valence-corrected chi connectivity index (χ1v) is 5.02. The molecule has 0 aliphatic carbocycles. The van der Waals surface area contributed by atoms with Gasteiger partial charge in [-0.3, -0.25) is 0 Å². The summed E-state index contributed by atoms with van der Waals surface area (Å²) >= 11 is 0. The molecule has 0 spiro atoms. The summed E-state index contributed by atoms with van der Waals surface area (Å²) in [5.74, 6) is 0.462. The Morgan fingerprint density at radius 1 is 1.27 bits per heavy atom. The Hall–Kier alpha value is -1.84. The van der Waals surface area contributed by atoms with Gasteiger partial charge in [0.1, 0.15) is 0 Å². The largest absolute Gasteiger partial charge is 0.381 e. The molecule has 15 heavy (non-hydrogen) atoms. The Labute approximate surface area is 88.7 Å². The predicted molar refractivity (Wildman–Crippen MR) is 59.4 cm³/mol. The molecule has 0 amide bonds. The zero-order chi connectivity index (χ0) is 10.7. The van der Waals surface area contributed by atoms with Gasteiger partial charge in [-0.2, -0.15) is 9.90 Å². The second-order valence-corrected chi connectivity index (χ2v) is 3.42. The van der Waals surface area contributed by atoms with Crippen LogP contribution >= 0.6 is 0 Å². The van der Waals surface area contributed by atoms with Crippen LogP contribution in [0.4, 0.5) is 5.82 Å². The van der Waals surface area contributed by atoms with E-state index in [2.05, 4.69) is 29.3 Å². The SMILES string of the molecule is CCc1ccccc1Cn1ncc(N)n1. The first-order chi connectivity index (χ1) is 7.29. The standard InChI is InChI=1S/C11H14N4/c1-2-9-5-3-4-6-10(9)8-15-13-7-11(12)14-15/h3-7H,2,8H2,1H3,(H2,12,14). The molecule has 0 unspecified atom stereocenters. The summed E-state index contributed by atoms with van der Waals surface area (Å²) in [5.41, 5.74) is 8.08. The van der Waals surface area contributed by atoms with Crippen LogP contribution in [0.15, 0.2) is 30.5 Å². The van der Waals surface area contributed by atoms with Crippen LogP contribution in [0.5, 0.6) is 0 Å². The van der Waals surface area contributed by atoms with Crippen LogP contribution in [0.25, 0.3) is 0 Å². The number of nitrogen functional groups attached to an aromatic ring is 1. The monoisotopic (exact) mass is 202 g/mol. The summed E-state index contributed by atoms with van der Waals surface area (Å²) in [6.07, 6.45) is 2.58. The second kappa shape index (κ2) is 4.13. The topological polar surface area (TPSA) is 56.7 Å². The smallest absolute Gasteiger partial charge is 0.165 e. The lowest BCUT2D eigenvalue weighted by molar-refractivity contribution is 0.590. The third-order valence-electron chi connectivity index (χ3n) is 2.37. The van der Waals surface area contributed by atoms with Crippen molar-refractivity contribution in [3.05, 3.63) is 41.6 Å². The third kappa shape index (κ3) is 2.15. The fourth-order valence-corrected chi connectivity index (χ4v) is 1.60. The van der Waals surface area contributed by atoms with E-state index in [1.54, 1.807) is 11.0 Å². The van der Waals surface area contributed by atoms with Crippen molar-refractivity contribution in [1.82, 2.24) is 15.0 Å². The van der Waals surface area contributed by atoms with Crippen molar-refractivity contribution in [2.75, 3.05) is 5.73 Å². The van der Waals surface area contributed by atoms with E-state index in [4.69, 9.17) is 5.73 Å². The highest BCUT2D eigenvalue weighted by molar-refractivity contribution is 5.27. The normalized spacial score (nSPS) is 10.5. The van der Waals surface area contributed by atoms with Gasteiger partial charge in [0, 0.05) is 0 Å². The zero-order valence-corrected chi connectivity index (χ0v) is 8.72. The summed E-state index contributed by atoms with van der Waals surface area (Å²) < 4.78 is 0. The highest BCUT2D eigenvalue weighted by Crippen LogP contribution is 2.10. The van der Waals surface area contributed by atoms with E-state index >= 15 is 0 Å². The minimum absolute atomic E-state index is 0.462. The quantitative estimate of drug-likeness (QED) is 0.820. The van der Waals surface area contributed by atoms with Gasteiger partial charge >= 0.3 is 0 Å². The van der Waals surface area contributed by atoms with Crippen molar-refractivity contribution in [2.45, 2.75) is 19.9 Å². The van der Waals surface area contributed by atoms with E-state index in [0.717, 1.165) is 6.42 Å². The summed E-state index contributed by atoms with van der Waals surface area (Å²) in [7, 11) is 0. The number of aryl methyl sites for hydroxylation is 1. The maximum atomic E-state index is 5.51. The molecule has 78 valence electrons. The molecule has 0 aliphatic heterocycles. The first kappa shape index (κ1) is 9.71. The fraction of sp³-hybridized carbons (Fsp3) is 0.273. The highest BCUT2D eigenvalue weighted by Gasteiger charge is 2.02. The van der Waals surface area contributed by atoms with E-state index in [-0.39, 0.29) is 0 Å². The molecule has 0 radical (unpaired) electrons. The number of nitrogens with two attached hydrogens (primary N) is 1. The van der Waals surface area contributed by atoms with Crippen LogP contribution in [0.3, 0.4) is 0 Å². The average Bonchev–Trinajstić information content (AvgIpc) is 2.65. The molecular formula is C11H14N4. The van der Waals surface area contributed by atoms with Gasteiger partial charge in [-0.15, -0.1) is 5.10 Å². The maximum absolute atomic E-state index is 5.51. The van der Waals surface area contributed by atoms with Gasteiger partial charge in [0.2, 0.25) is 0 Å². The van der Waals surface area contributed by atoms with Crippen LogP contribution in [0, 0.1) is 0 Å². The first-order valence-electron chi connectivity index (χ1n) is 5.02. The van der Waals surface area contributed by atoms with Gasteiger partial charge in [-0.1, -0.05) is 31.2 Å². The lowest BCUT2D eigenvalue weighted by atomic mass is 10.1. The average molecular weight is 202 g/mol. The Bertz CT molecular complexity index is 447. The molecule has 0 saturated heterocycles. The summed E-state index contributed by atoms with van der Waals surface area (Å²) in [5, 5.41) is 8.13. The second-order valence-electron chi connectivity index (χ2n) is 3.42. The number of hydrogen-bond acceptors (Lipinski definition) is 3. The molecule has 0 fully saturated rings. The van der Waals surface area contributed by atoms with E-state index in [0.29, 0.717) is 12.4 Å². The van der Waals surface area contributed by atoms with Crippen molar-refractivity contribution < 1.29 is 0 Å². The third-order valence-corrected chi connectivity index (χ3v) is 2.37. The molecule has 2 N–H and O–H groups in total. The molecule has 1 aromatic carbocycles. The minimum Gasteiger partial charge on any atom is -0.381 e. The number of benzene rings is 1. The maximum Gasteiger partial charge on any atom is 0.165 e. The summed E-state index contributed by atoms with van der Waals surface area (Å²) in [4.78, 5) is 1.61. The van der Waals surface area contributed by atoms with Gasteiger partial charge in [0.15, 0.2) is 5.82 Å². The molecule has 2 rings (SSSR count). The van der Waals surface area contributed by atoms with Crippen LogP contribution in [0.1, 0.15) is 18.1 Å². The minimum atomic E-state index is 0.462. The van der Waals surface area contributed by atoms with Gasteiger partial charge < -0.3 is 5.73 Å². The van der Waals surface area contributed by atoms with Gasteiger partial charge in [0.05, 0.1) is 12.7 Å². The predicted octanol–water partition coefficient (Wildman–Crippen LogP) is 1.47. The fourth-order valence-electron chi connectivity index (χ4n) is 1.60. The van der Waals surface area contributed by atoms with Crippen molar-refractivity contribution in [2.24, 2.45) is 0 Å². The molecule has 0 atom stereocenters. The molecule has 1 aromatic heterocycles. The van der Waals surface area contributed by atoms with Gasteiger partial charge in [0.25, 0.3) is 0 Å². The highest BCUT2D eigenvalue weighted by atomic mass is 15.5. The van der Waals surface area contributed by atoms with Crippen LogP contribution < -0.4 is 5.73 Å². The van der Waals surface area contributed by atoms with Crippen molar-refractivity contribution in [3.8, 4) is 0 Å². The molecule has 4 heteroatoms. The molecule has 1 heterocycles. The zero-order valence-electron chi connectivity index (χ0n) is 8.72. The van der Waals surface area contributed by atoms with Crippen molar-refractivity contribution in [1.29, 1.82) is 0 Å². The Balaban J connectivity index is 2.23. The number of rotatable bonds is 3. The number of aromatic nitrogens is 3. The van der Waals surface area contributed by atoms with E-state index in [9.17, 15) is 0 Å².